The summed E-state index contributed by atoms with van der Waals surface area (Å²) in [6.07, 6.45) is 8.54. The van der Waals surface area contributed by atoms with Crippen LogP contribution in [0.4, 0.5) is 10.6 Å². The molecule has 2 N–H and O–H groups in total. The maximum absolute atomic E-state index is 13.2. The number of anilines is 1. The van der Waals surface area contributed by atoms with Gasteiger partial charge in [-0.15, -0.1) is 0 Å². The number of benzene rings is 1. The van der Waals surface area contributed by atoms with Gasteiger partial charge in [-0.1, -0.05) is 33.8 Å². The first-order valence-corrected chi connectivity index (χ1v) is 17.0. The van der Waals surface area contributed by atoms with Crippen molar-refractivity contribution in [1.82, 2.24) is 9.88 Å². The molecular formula is C37H47N3O5. The maximum atomic E-state index is 13.2. The Balaban J connectivity index is 1.20. The molecule has 3 heterocycles. The molecule has 1 aromatic heterocycles. The van der Waals surface area contributed by atoms with Crippen LogP contribution >= 0.6 is 0 Å². The number of piperidine rings is 1. The van der Waals surface area contributed by atoms with Gasteiger partial charge in [0.1, 0.15) is 11.9 Å². The average Bonchev–Trinajstić information content (AvgIpc) is 3.72. The van der Waals surface area contributed by atoms with Crippen molar-refractivity contribution >= 4 is 17.7 Å². The van der Waals surface area contributed by atoms with E-state index in [0.29, 0.717) is 23.2 Å². The van der Waals surface area contributed by atoms with Gasteiger partial charge in [-0.05, 0) is 106 Å². The van der Waals surface area contributed by atoms with E-state index in [1.165, 1.54) is 43.6 Å². The Morgan fingerprint density at radius 3 is 2.58 bits per heavy atom. The number of aromatic nitrogens is 1. The van der Waals surface area contributed by atoms with E-state index in [1.54, 1.807) is 12.1 Å². The van der Waals surface area contributed by atoms with Crippen LogP contribution in [0.25, 0.3) is 0 Å². The van der Waals surface area contributed by atoms with Gasteiger partial charge in [-0.2, -0.15) is 0 Å². The summed E-state index contributed by atoms with van der Waals surface area (Å²) in [5.41, 5.74) is 1.49. The molecular weight excluding hydrogens is 566 g/mol. The summed E-state index contributed by atoms with van der Waals surface area (Å²) in [6, 6.07) is 7.73. The number of amides is 1. The van der Waals surface area contributed by atoms with Gasteiger partial charge in [0.15, 0.2) is 17.3 Å². The van der Waals surface area contributed by atoms with Gasteiger partial charge in [0.2, 0.25) is 0 Å². The molecule has 4 saturated carbocycles. The van der Waals surface area contributed by atoms with E-state index in [1.807, 2.05) is 6.07 Å². The number of carbonyl (C=O) groups excluding carboxylic acids is 2. The fourth-order valence-corrected chi connectivity index (χ4v) is 10.7. The van der Waals surface area contributed by atoms with E-state index in [0.717, 1.165) is 50.3 Å². The van der Waals surface area contributed by atoms with Crippen LogP contribution in [0.5, 0.6) is 11.5 Å². The molecule has 7 atom stereocenters. The molecule has 7 aliphatic rings. The van der Waals surface area contributed by atoms with Crippen LogP contribution in [0.15, 0.2) is 30.5 Å². The molecule has 4 bridgehead atoms. The Morgan fingerprint density at radius 2 is 1.91 bits per heavy atom. The molecule has 2 aliphatic heterocycles. The van der Waals surface area contributed by atoms with Gasteiger partial charge in [-0.25, -0.2) is 9.78 Å². The van der Waals surface area contributed by atoms with Crippen molar-refractivity contribution in [1.29, 1.82) is 0 Å². The van der Waals surface area contributed by atoms with Crippen LogP contribution < -0.4 is 14.8 Å². The van der Waals surface area contributed by atoms with E-state index in [-0.39, 0.29) is 39.5 Å². The minimum absolute atomic E-state index is 0.00994. The number of ether oxygens (including phenoxy) is 2. The van der Waals surface area contributed by atoms with Crippen LogP contribution in [0, 0.1) is 28.1 Å². The van der Waals surface area contributed by atoms with Crippen LogP contribution in [0.3, 0.4) is 0 Å². The number of likely N-dealkylation sites (tertiary alicyclic amines) is 1. The monoisotopic (exact) mass is 613 g/mol. The minimum atomic E-state index is -0.880. The summed E-state index contributed by atoms with van der Waals surface area (Å²) in [5, 5.41) is 15.1. The lowest BCUT2D eigenvalue weighted by atomic mass is 9.31. The third kappa shape index (κ3) is 3.87. The van der Waals surface area contributed by atoms with Gasteiger partial charge in [0.05, 0.1) is 5.60 Å². The Labute approximate surface area is 266 Å². The molecule has 45 heavy (non-hydrogen) atoms. The number of aliphatic hydroxyl groups is 1. The Bertz CT molecular complexity index is 1590. The molecule has 1 saturated heterocycles. The van der Waals surface area contributed by atoms with Gasteiger partial charge < -0.3 is 14.6 Å². The van der Waals surface area contributed by atoms with Crippen molar-refractivity contribution in [2.75, 3.05) is 18.4 Å². The quantitative estimate of drug-likeness (QED) is 0.357. The van der Waals surface area contributed by atoms with Crippen molar-refractivity contribution in [3.8, 4) is 11.5 Å². The lowest BCUT2D eigenvalue weighted by Gasteiger charge is -2.75. The second-order valence-corrected chi connectivity index (χ2v) is 16.6. The molecule has 5 aliphatic carbocycles. The second-order valence-electron chi connectivity index (χ2n) is 16.6. The number of fused-ring (bicyclic) bond motifs is 2. The second kappa shape index (κ2) is 9.31. The molecule has 2 spiro atoms. The van der Waals surface area contributed by atoms with E-state index in [4.69, 9.17) is 9.47 Å². The lowest BCUT2D eigenvalue weighted by molar-refractivity contribution is -0.276. The molecule has 2 aromatic rings. The SMILES string of the molecule is CC(=O)c1ccc(NC(=O)Oc2ccc3c4c2O[C@H]2[C@]5(C)CC[C@@]6(C[C@@H]5[C@@](C)(O)C(C)(C)C)C(C3)N(CC3CC3)CC[C@]426)nc1. The number of nitrogens with one attached hydrogen (secondary N) is 1. The third-order valence-electron chi connectivity index (χ3n) is 13.6. The normalized spacial score (nSPS) is 35.7. The van der Waals surface area contributed by atoms with Gasteiger partial charge >= 0.3 is 6.09 Å². The number of rotatable bonds is 6. The van der Waals surface area contributed by atoms with Crippen LogP contribution in [0.1, 0.15) is 102 Å². The fraction of sp³-hybridized carbons (Fsp3) is 0.649. The van der Waals surface area contributed by atoms with Gasteiger partial charge in [-0.3, -0.25) is 15.0 Å². The zero-order chi connectivity index (χ0) is 31.7. The predicted molar refractivity (Wildman–Crippen MR) is 171 cm³/mol. The summed E-state index contributed by atoms with van der Waals surface area (Å²) in [6.45, 7) is 14.7. The first-order valence-electron chi connectivity index (χ1n) is 17.0. The van der Waals surface area contributed by atoms with E-state index >= 15 is 0 Å². The number of hydrogen-bond acceptors (Lipinski definition) is 7. The highest BCUT2D eigenvalue weighted by molar-refractivity contribution is 5.94. The summed E-state index contributed by atoms with van der Waals surface area (Å²) >= 11 is 0. The topological polar surface area (TPSA) is 101 Å². The minimum Gasteiger partial charge on any atom is -0.485 e. The lowest BCUT2D eigenvalue weighted by Crippen LogP contribution is -2.80. The molecule has 0 radical (unpaired) electrons. The Morgan fingerprint density at radius 1 is 1.13 bits per heavy atom. The molecule has 1 aromatic carbocycles. The highest BCUT2D eigenvalue weighted by Crippen LogP contribution is 2.79. The zero-order valence-electron chi connectivity index (χ0n) is 27.5. The summed E-state index contributed by atoms with van der Waals surface area (Å²) < 4.78 is 13.2. The van der Waals surface area contributed by atoms with Gasteiger partial charge in [0.25, 0.3) is 0 Å². The summed E-state index contributed by atoms with van der Waals surface area (Å²) in [7, 11) is 0. The Hall–Kier alpha value is -2.97. The molecule has 5 fully saturated rings. The van der Waals surface area contributed by atoms with Crippen molar-refractivity contribution in [3.05, 3.63) is 47.2 Å². The van der Waals surface area contributed by atoms with Crippen molar-refractivity contribution in [3.63, 3.8) is 0 Å². The molecule has 240 valence electrons. The first-order chi connectivity index (χ1) is 21.2. The number of nitrogens with zero attached hydrogens (tertiary/aromatic N) is 2. The van der Waals surface area contributed by atoms with Crippen molar-refractivity contribution < 1.29 is 24.2 Å². The van der Waals surface area contributed by atoms with Crippen LogP contribution in [0.2, 0.25) is 0 Å². The maximum Gasteiger partial charge on any atom is 0.418 e. The standard InChI is InChI=1S/C37H47N3O5/c1-21(41)24-10-12-28(38-19-24)39-32(42)44-25-11-9-23-17-27-36-14-13-34(5,26(18-36)35(6,43)33(2,3)4)31-37(36,29(23)30(25)45-31)15-16-40(27)20-22-7-8-22/h9-12,19,22,26-27,31,43H,7-8,13-18,20H2,1-6H3,(H,38,39,42)/t26-,27?,31-,34+,35+,36+,37-/m0/s1. The third-order valence-corrected chi connectivity index (χ3v) is 13.6. The molecule has 9 rings (SSSR count). The molecule has 1 amide bonds. The van der Waals surface area contributed by atoms with E-state index in [2.05, 4.69) is 55.9 Å². The van der Waals surface area contributed by atoms with Crippen LogP contribution in [-0.2, 0) is 11.8 Å². The molecule has 8 heteroatoms. The number of carbonyl (C=O) groups is 2. The average molecular weight is 614 g/mol. The van der Waals surface area contributed by atoms with Crippen molar-refractivity contribution in [2.45, 2.75) is 110 Å². The molecule has 1 unspecified atom stereocenters. The smallest absolute Gasteiger partial charge is 0.418 e. The highest BCUT2D eigenvalue weighted by atomic mass is 16.6. The van der Waals surface area contributed by atoms with E-state index in [9.17, 15) is 14.7 Å². The number of hydrogen-bond donors (Lipinski definition) is 2. The summed E-state index contributed by atoms with van der Waals surface area (Å²) in [4.78, 5) is 31.9. The van der Waals surface area contributed by atoms with Gasteiger partial charge in [0, 0.05) is 46.2 Å². The van der Waals surface area contributed by atoms with Crippen molar-refractivity contribution in [2.24, 2.45) is 28.1 Å². The number of Topliss-reactive ketones (excluding diaryl/α,β-unsaturated/α-hetero) is 1. The fourth-order valence-electron chi connectivity index (χ4n) is 10.7. The predicted octanol–water partition coefficient (Wildman–Crippen LogP) is 6.54. The largest absolute Gasteiger partial charge is 0.485 e. The molecule has 8 nitrogen and oxygen atoms in total. The first kappa shape index (κ1) is 29.4. The Kier molecular flexibility index (Phi) is 6.09. The van der Waals surface area contributed by atoms with E-state index < -0.39 is 11.7 Å². The van der Waals surface area contributed by atoms with Crippen LogP contribution in [-0.4, -0.2) is 57.7 Å². The number of ketones is 1. The zero-order valence-corrected chi connectivity index (χ0v) is 27.5. The number of pyridine rings is 1. The summed E-state index contributed by atoms with van der Waals surface area (Å²) in [5.74, 6) is 2.28. The highest BCUT2D eigenvalue weighted by Gasteiger charge is 2.80.